The molecule has 3 heterocycles. The first-order valence-corrected chi connectivity index (χ1v) is 7.79. The van der Waals surface area contributed by atoms with E-state index in [-0.39, 0.29) is 17.9 Å². The summed E-state index contributed by atoms with van der Waals surface area (Å²) in [4.78, 5) is 27.4. The molecule has 112 valence electrons. The monoisotopic (exact) mass is 279 g/mol. The Hall–Kier alpha value is -1.10. The molecule has 0 aromatic rings. The van der Waals surface area contributed by atoms with Crippen molar-refractivity contribution in [1.29, 1.82) is 0 Å². The van der Waals surface area contributed by atoms with Gasteiger partial charge in [0.05, 0.1) is 6.04 Å². The van der Waals surface area contributed by atoms with Crippen molar-refractivity contribution in [3.8, 4) is 0 Å². The number of hydrogen-bond donors (Lipinski definition) is 1. The summed E-state index contributed by atoms with van der Waals surface area (Å²) in [5.41, 5.74) is 0. The van der Waals surface area contributed by atoms with Crippen molar-refractivity contribution in [3.63, 3.8) is 0 Å². The average Bonchev–Trinajstić information content (AvgIpc) is 2.57. The van der Waals surface area contributed by atoms with Crippen LogP contribution in [0.1, 0.15) is 39.0 Å². The van der Waals surface area contributed by atoms with Gasteiger partial charge in [0.25, 0.3) is 0 Å². The van der Waals surface area contributed by atoms with E-state index in [0.29, 0.717) is 37.5 Å². The Balaban J connectivity index is 1.41. The molecule has 20 heavy (non-hydrogen) atoms. The van der Waals surface area contributed by atoms with Gasteiger partial charge in [-0.05, 0) is 38.6 Å². The van der Waals surface area contributed by atoms with Crippen LogP contribution < -0.4 is 5.32 Å². The molecule has 3 aliphatic heterocycles. The molecule has 3 aliphatic rings. The predicted molar refractivity (Wildman–Crippen MR) is 76.1 cm³/mol. The molecule has 2 unspecified atom stereocenters. The number of nitrogens with one attached hydrogen (secondary N) is 1. The lowest BCUT2D eigenvalue weighted by molar-refractivity contribution is -0.136. The summed E-state index contributed by atoms with van der Waals surface area (Å²) in [7, 11) is 2.23. The predicted octanol–water partition coefficient (Wildman–Crippen LogP) is 0.596. The fourth-order valence-electron chi connectivity index (χ4n) is 4.07. The summed E-state index contributed by atoms with van der Waals surface area (Å²) in [6.07, 6.45) is 5.61. The van der Waals surface area contributed by atoms with Crippen LogP contribution in [0.15, 0.2) is 0 Å². The third-order valence-electron chi connectivity index (χ3n) is 5.36. The van der Waals surface area contributed by atoms with Gasteiger partial charge in [0.1, 0.15) is 0 Å². The molecule has 1 N–H and O–H groups in total. The van der Waals surface area contributed by atoms with Gasteiger partial charge in [-0.25, -0.2) is 0 Å². The van der Waals surface area contributed by atoms with Gasteiger partial charge >= 0.3 is 0 Å². The zero-order chi connectivity index (χ0) is 14.3. The average molecular weight is 279 g/mol. The Morgan fingerprint density at radius 2 is 1.75 bits per heavy atom. The van der Waals surface area contributed by atoms with Crippen molar-refractivity contribution in [1.82, 2.24) is 15.1 Å². The SMILES string of the molecule is CC(=O)N1CC(NC(=O)CC2CC3CCC(C2)N3C)C1. The van der Waals surface area contributed by atoms with Crippen LogP contribution in [0.5, 0.6) is 0 Å². The highest BCUT2D eigenvalue weighted by Gasteiger charge is 2.39. The molecule has 5 nitrogen and oxygen atoms in total. The zero-order valence-corrected chi connectivity index (χ0v) is 12.5. The van der Waals surface area contributed by atoms with Crippen molar-refractivity contribution in [2.75, 3.05) is 20.1 Å². The highest BCUT2D eigenvalue weighted by molar-refractivity contribution is 5.78. The number of amides is 2. The van der Waals surface area contributed by atoms with Gasteiger partial charge in [-0.2, -0.15) is 0 Å². The quantitative estimate of drug-likeness (QED) is 0.823. The number of likely N-dealkylation sites (tertiary alicyclic amines) is 1. The van der Waals surface area contributed by atoms with Crippen LogP contribution in [0.25, 0.3) is 0 Å². The maximum absolute atomic E-state index is 12.1. The van der Waals surface area contributed by atoms with Gasteiger partial charge in [-0.1, -0.05) is 0 Å². The van der Waals surface area contributed by atoms with E-state index in [0.717, 1.165) is 0 Å². The van der Waals surface area contributed by atoms with Gasteiger partial charge in [0, 0.05) is 38.5 Å². The Labute approximate surface area is 120 Å². The largest absolute Gasteiger partial charge is 0.350 e. The van der Waals surface area contributed by atoms with Gasteiger partial charge in [0.2, 0.25) is 11.8 Å². The molecule has 0 aromatic heterocycles. The second-order valence-electron chi connectivity index (χ2n) is 6.78. The van der Waals surface area contributed by atoms with E-state index < -0.39 is 0 Å². The minimum absolute atomic E-state index is 0.0994. The number of hydrogen-bond acceptors (Lipinski definition) is 3. The molecular formula is C15H25N3O2. The second kappa shape index (κ2) is 5.35. The normalized spacial score (nSPS) is 33.9. The van der Waals surface area contributed by atoms with Crippen molar-refractivity contribution in [2.45, 2.75) is 57.2 Å². The van der Waals surface area contributed by atoms with Crippen LogP contribution in [-0.4, -0.2) is 59.9 Å². The van der Waals surface area contributed by atoms with E-state index in [1.807, 2.05) is 0 Å². The molecular weight excluding hydrogens is 254 g/mol. The third kappa shape index (κ3) is 2.68. The van der Waals surface area contributed by atoms with E-state index in [1.54, 1.807) is 11.8 Å². The standard InChI is InChI=1S/C15H25N3O2/c1-10(19)18-8-12(9-18)16-15(20)7-11-5-13-3-4-14(6-11)17(13)2/h11-14H,3-9H2,1-2H3,(H,16,20). The lowest BCUT2D eigenvalue weighted by Gasteiger charge is -2.40. The Kier molecular flexibility index (Phi) is 3.71. The van der Waals surface area contributed by atoms with Crippen LogP contribution in [0.2, 0.25) is 0 Å². The molecule has 0 spiro atoms. The lowest BCUT2D eigenvalue weighted by atomic mass is 9.88. The van der Waals surface area contributed by atoms with Crippen molar-refractivity contribution in [2.24, 2.45) is 5.92 Å². The van der Waals surface area contributed by atoms with E-state index in [9.17, 15) is 9.59 Å². The van der Waals surface area contributed by atoms with E-state index in [2.05, 4.69) is 17.3 Å². The Bertz CT molecular complexity index is 392. The smallest absolute Gasteiger partial charge is 0.220 e. The summed E-state index contributed by atoms with van der Waals surface area (Å²) in [6.45, 7) is 2.94. The maximum Gasteiger partial charge on any atom is 0.220 e. The molecule has 0 aliphatic carbocycles. The van der Waals surface area contributed by atoms with Gasteiger partial charge < -0.3 is 15.1 Å². The van der Waals surface area contributed by atoms with Crippen LogP contribution in [0.4, 0.5) is 0 Å². The van der Waals surface area contributed by atoms with Crippen LogP contribution in [0.3, 0.4) is 0 Å². The minimum atomic E-state index is 0.0994. The van der Waals surface area contributed by atoms with E-state index in [1.165, 1.54) is 25.7 Å². The molecule has 3 fully saturated rings. The van der Waals surface area contributed by atoms with Crippen molar-refractivity contribution in [3.05, 3.63) is 0 Å². The Morgan fingerprint density at radius 3 is 2.30 bits per heavy atom. The van der Waals surface area contributed by atoms with E-state index in [4.69, 9.17) is 0 Å². The molecule has 2 bridgehead atoms. The molecule has 0 saturated carbocycles. The molecule has 0 radical (unpaired) electrons. The lowest BCUT2D eigenvalue weighted by Crippen LogP contribution is -2.60. The molecule has 2 amide bonds. The first kappa shape index (κ1) is 13.9. The van der Waals surface area contributed by atoms with Crippen molar-refractivity contribution < 1.29 is 9.59 Å². The Morgan fingerprint density at radius 1 is 1.15 bits per heavy atom. The highest BCUT2D eigenvalue weighted by atomic mass is 16.2. The van der Waals surface area contributed by atoms with Gasteiger partial charge in [0.15, 0.2) is 0 Å². The number of nitrogens with zero attached hydrogens (tertiary/aromatic N) is 2. The van der Waals surface area contributed by atoms with Crippen LogP contribution in [0, 0.1) is 5.92 Å². The summed E-state index contributed by atoms with van der Waals surface area (Å²) >= 11 is 0. The first-order chi connectivity index (χ1) is 9.52. The molecule has 3 rings (SSSR count). The number of fused-ring (bicyclic) bond motifs is 2. The number of carbonyl (C=O) groups is 2. The summed E-state index contributed by atoms with van der Waals surface area (Å²) in [6, 6.07) is 1.57. The third-order valence-corrected chi connectivity index (χ3v) is 5.36. The summed E-state index contributed by atoms with van der Waals surface area (Å²) in [5.74, 6) is 0.822. The second-order valence-corrected chi connectivity index (χ2v) is 6.78. The van der Waals surface area contributed by atoms with Gasteiger partial charge in [-0.3, -0.25) is 9.59 Å². The maximum atomic E-state index is 12.1. The summed E-state index contributed by atoms with van der Waals surface area (Å²) in [5, 5.41) is 3.06. The highest BCUT2D eigenvalue weighted by Crippen LogP contribution is 2.38. The first-order valence-electron chi connectivity index (χ1n) is 7.79. The van der Waals surface area contributed by atoms with Crippen LogP contribution in [-0.2, 0) is 9.59 Å². The number of rotatable bonds is 3. The number of carbonyl (C=O) groups excluding carboxylic acids is 2. The number of piperidine rings is 1. The molecule has 2 atom stereocenters. The topological polar surface area (TPSA) is 52.7 Å². The molecule has 5 heteroatoms. The summed E-state index contributed by atoms with van der Waals surface area (Å²) < 4.78 is 0. The zero-order valence-electron chi connectivity index (χ0n) is 12.5. The fraction of sp³-hybridized carbons (Fsp3) is 0.867. The molecule has 0 aromatic carbocycles. The minimum Gasteiger partial charge on any atom is -0.350 e. The fourth-order valence-corrected chi connectivity index (χ4v) is 4.07. The van der Waals surface area contributed by atoms with Crippen molar-refractivity contribution >= 4 is 11.8 Å². The van der Waals surface area contributed by atoms with Crippen LogP contribution >= 0.6 is 0 Å². The molecule has 3 saturated heterocycles. The van der Waals surface area contributed by atoms with Gasteiger partial charge in [-0.15, -0.1) is 0 Å². The van der Waals surface area contributed by atoms with E-state index >= 15 is 0 Å².